The highest BCUT2D eigenvalue weighted by Crippen LogP contribution is 2.20. The number of aromatic nitrogens is 1. The van der Waals surface area contributed by atoms with Crippen LogP contribution < -0.4 is 5.32 Å². The lowest BCUT2D eigenvalue weighted by molar-refractivity contribution is 0.625. The molecule has 0 aromatic carbocycles. The Morgan fingerprint density at radius 1 is 1.33 bits per heavy atom. The van der Waals surface area contributed by atoms with Gasteiger partial charge in [-0.25, -0.2) is 0 Å². The Morgan fingerprint density at radius 3 is 2.83 bits per heavy atom. The zero-order valence-corrected chi connectivity index (χ0v) is 6.90. The van der Waals surface area contributed by atoms with Gasteiger partial charge in [0.1, 0.15) is 0 Å². The number of nitrogens with one attached hydrogen (secondary N) is 1. The molecule has 0 bridgehead atoms. The molecule has 1 aromatic heterocycles. The summed E-state index contributed by atoms with van der Waals surface area (Å²) >= 11 is 0. The molecule has 0 spiro atoms. The molecule has 2 heterocycles. The van der Waals surface area contributed by atoms with Gasteiger partial charge in [0.05, 0.1) is 0 Å². The molecule has 1 aliphatic rings. The Balaban J connectivity index is 2.15. The molecule has 62 valence electrons. The van der Waals surface area contributed by atoms with Crippen molar-refractivity contribution in [2.24, 2.45) is 0 Å². The first-order valence-corrected chi connectivity index (χ1v) is 4.25. The molecule has 12 heavy (non-hydrogen) atoms. The van der Waals surface area contributed by atoms with Crippen molar-refractivity contribution in [3.8, 4) is 0 Å². The predicted molar refractivity (Wildman–Crippen MR) is 48.7 cm³/mol. The molecular weight excluding hydrogens is 148 g/mol. The van der Waals surface area contributed by atoms with Gasteiger partial charge in [0.2, 0.25) is 0 Å². The van der Waals surface area contributed by atoms with Crippen molar-refractivity contribution in [1.29, 1.82) is 0 Å². The summed E-state index contributed by atoms with van der Waals surface area (Å²) in [5, 5.41) is 3.23. The minimum atomic E-state index is 0.623. The molecule has 0 saturated heterocycles. The lowest BCUT2D eigenvalue weighted by Gasteiger charge is -2.18. The molecule has 0 radical (unpaired) electrons. The monoisotopic (exact) mass is 160 g/mol. The molecule has 2 heteroatoms. The van der Waals surface area contributed by atoms with Gasteiger partial charge in [-0.05, 0) is 30.3 Å². The zero-order chi connectivity index (χ0) is 8.23. The third kappa shape index (κ3) is 1.47. The lowest BCUT2D eigenvalue weighted by Crippen LogP contribution is -2.19. The first-order valence-electron chi connectivity index (χ1n) is 4.25. The van der Waals surface area contributed by atoms with Crippen molar-refractivity contribution in [3.63, 3.8) is 0 Å². The molecular formula is C10H12N2. The molecule has 1 unspecified atom stereocenters. The molecule has 1 aliphatic heterocycles. The molecule has 2 rings (SSSR count). The molecule has 2 nitrogen and oxygen atoms in total. The summed E-state index contributed by atoms with van der Waals surface area (Å²) in [4.78, 5) is 4.00. The second-order valence-electron chi connectivity index (χ2n) is 3.02. The van der Waals surface area contributed by atoms with Gasteiger partial charge in [0, 0.05) is 24.9 Å². The Labute approximate surface area is 72.3 Å². The fourth-order valence-corrected chi connectivity index (χ4v) is 1.50. The average Bonchev–Trinajstić information content (AvgIpc) is 2.21. The van der Waals surface area contributed by atoms with Gasteiger partial charge in [-0.15, -0.1) is 0 Å². The Kier molecular flexibility index (Phi) is 2.08. The molecule has 1 atom stereocenters. The van der Waals surface area contributed by atoms with E-state index in [4.69, 9.17) is 0 Å². The van der Waals surface area contributed by atoms with Gasteiger partial charge in [-0.2, -0.15) is 0 Å². The number of hydrogen-bond acceptors (Lipinski definition) is 2. The van der Waals surface area contributed by atoms with E-state index in [0.717, 1.165) is 13.0 Å². The average molecular weight is 160 g/mol. The highest BCUT2D eigenvalue weighted by Gasteiger charge is 2.10. The van der Waals surface area contributed by atoms with Crippen LogP contribution >= 0.6 is 0 Å². The van der Waals surface area contributed by atoms with Crippen LogP contribution in [0.5, 0.6) is 0 Å². The van der Waals surface area contributed by atoms with Gasteiger partial charge in [0.25, 0.3) is 0 Å². The fourth-order valence-electron chi connectivity index (χ4n) is 1.50. The van der Waals surface area contributed by atoms with Gasteiger partial charge in [-0.3, -0.25) is 4.98 Å². The number of rotatable bonds is 1. The summed E-state index contributed by atoms with van der Waals surface area (Å²) in [7, 11) is 0. The maximum Gasteiger partial charge on any atom is 0.0270 e. The van der Waals surface area contributed by atoms with Crippen LogP contribution in [0, 0.1) is 0 Å². The van der Waals surface area contributed by atoms with Crippen LogP contribution in [0.1, 0.15) is 17.9 Å². The highest BCUT2D eigenvalue weighted by atomic mass is 14.8. The minimum absolute atomic E-state index is 0.623. The summed E-state index contributed by atoms with van der Waals surface area (Å²) in [6, 6.07) is 4.18. The largest absolute Gasteiger partial charge is 0.391 e. The van der Waals surface area contributed by atoms with E-state index in [-0.39, 0.29) is 0 Å². The van der Waals surface area contributed by atoms with E-state index in [1.807, 2.05) is 18.6 Å². The van der Waals surface area contributed by atoms with Crippen molar-refractivity contribution in [1.82, 2.24) is 10.3 Å². The van der Waals surface area contributed by atoms with Crippen LogP contribution in [0.2, 0.25) is 0 Å². The summed E-state index contributed by atoms with van der Waals surface area (Å²) in [6.07, 6.45) is 9.05. The van der Waals surface area contributed by atoms with Gasteiger partial charge in [0.15, 0.2) is 0 Å². The van der Waals surface area contributed by atoms with E-state index in [0.29, 0.717) is 5.92 Å². The Morgan fingerprint density at radius 2 is 2.17 bits per heavy atom. The van der Waals surface area contributed by atoms with Crippen LogP contribution in [0.3, 0.4) is 0 Å². The molecule has 1 aromatic rings. The number of pyridine rings is 1. The molecule has 0 saturated carbocycles. The molecule has 0 aliphatic carbocycles. The summed E-state index contributed by atoms with van der Waals surface area (Å²) in [5.41, 5.74) is 1.38. The molecule has 0 amide bonds. The van der Waals surface area contributed by atoms with E-state index in [1.54, 1.807) is 0 Å². The fraction of sp³-hybridized carbons (Fsp3) is 0.300. The van der Waals surface area contributed by atoms with Crippen LogP contribution in [-0.4, -0.2) is 11.5 Å². The Hall–Kier alpha value is -1.31. The number of nitrogens with zero attached hydrogens (tertiary/aromatic N) is 1. The Bertz CT molecular complexity index is 266. The maximum absolute atomic E-state index is 4.00. The van der Waals surface area contributed by atoms with Crippen molar-refractivity contribution in [2.75, 3.05) is 6.54 Å². The van der Waals surface area contributed by atoms with Gasteiger partial charge >= 0.3 is 0 Å². The molecule has 0 fully saturated rings. The van der Waals surface area contributed by atoms with Crippen LogP contribution in [-0.2, 0) is 0 Å². The standard InChI is InChI=1S/C10H12N2/c1-2-10(8-12-5-1)9-3-6-11-7-4-9/h1,3-7,10,12H,2,8H2. The first-order chi connectivity index (χ1) is 5.97. The SMILES string of the molecule is C1=CNCC(c2ccncc2)C1. The van der Waals surface area contributed by atoms with E-state index in [9.17, 15) is 0 Å². The quantitative estimate of drug-likeness (QED) is 0.676. The highest BCUT2D eigenvalue weighted by molar-refractivity contribution is 5.18. The third-order valence-electron chi connectivity index (χ3n) is 2.20. The van der Waals surface area contributed by atoms with Crippen LogP contribution in [0.15, 0.2) is 36.8 Å². The van der Waals surface area contributed by atoms with Crippen molar-refractivity contribution in [3.05, 3.63) is 42.4 Å². The first kappa shape index (κ1) is 7.35. The summed E-state index contributed by atoms with van der Waals surface area (Å²) < 4.78 is 0. The minimum Gasteiger partial charge on any atom is -0.391 e. The van der Waals surface area contributed by atoms with Gasteiger partial charge < -0.3 is 5.32 Å². The topological polar surface area (TPSA) is 24.9 Å². The van der Waals surface area contributed by atoms with Crippen molar-refractivity contribution < 1.29 is 0 Å². The predicted octanol–water partition coefficient (Wildman–Crippen LogP) is 1.67. The normalized spacial score (nSPS) is 21.8. The van der Waals surface area contributed by atoms with Crippen LogP contribution in [0.4, 0.5) is 0 Å². The smallest absolute Gasteiger partial charge is 0.0270 e. The van der Waals surface area contributed by atoms with Gasteiger partial charge in [-0.1, -0.05) is 6.08 Å². The molecule has 1 N–H and O–H groups in total. The third-order valence-corrected chi connectivity index (χ3v) is 2.20. The second-order valence-corrected chi connectivity index (χ2v) is 3.02. The van der Waals surface area contributed by atoms with Crippen molar-refractivity contribution in [2.45, 2.75) is 12.3 Å². The maximum atomic E-state index is 4.00. The summed E-state index contributed by atoms with van der Waals surface area (Å²) in [6.45, 7) is 1.04. The number of allylic oxidation sites excluding steroid dienone is 1. The van der Waals surface area contributed by atoms with E-state index >= 15 is 0 Å². The van der Waals surface area contributed by atoms with Crippen LogP contribution in [0.25, 0.3) is 0 Å². The van der Waals surface area contributed by atoms with E-state index < -0.39 is 0 Å². The van der Waals surface area contributed by atoms with Crippen molar-refractivity contribution >= 4 is 0 Å². The summed E-state index contributed by atoms with van der Waals surface area (Å²) in [5.74, 6) is 0.623. The van der Waals surface area contributed by atoms with E-state index in [2.05, 4.69) is 28.5 Å². The van der Waals surface area contributed by atoms with E-state index in [1.165, 1.54) is 5.56 Å². The number of hydrogen-bond donors (Lipinski definition) is 1. The zero-order valence-electron chi connectivity index (χ0n) is 6.90. The lowest BCUT2D eigenvalue weighted by atomic mass is 9.95. The second kappa shape index (κ2) is 3.39.